The second kappa shape index (κ2) is 36.9. The van der Waals surface area contributed by atoms with Crippen molar-refractivity contribution in [2.75, 3.05) is 50.9 Å². The zero-order chi connectivity index (χ0) is 75.8. The zero-order valence-electron chi connectivity index (χ0n) is 59.5. The van der Waals surface area contributed by atoms with Crippen LogP contribution in [0.15, 0.2) is 97.3 Å². The van der Waals surface area contributed by atoms with E-state index in [1.807, 2.05) is 18.2 Å². The third-order valence-corrected chi connectivity index (χ3v) is 23.5. The molecule has 24 nitrogen and oxygen atoms in total. The van der Waals surface area contributed by atoms with E-state index in [9.17, 15) is 42.8 Å². The van der Waals surface area contributed by atoms with Gasteiger partial charge in [-0.25, -0.2) is 8.78 Å². The van der Waals surface area contributed by atoms with Crippen LogP contribution in [0.25, 0.3) is 21.8 Å². The van der Waals surface area contributed by atoms with Gasteiger partial charge in [0, 0.05) is 120 Å². The summed E-state index contributed by atoms with van der Waals surface area (Å²) in [6.45, 7) is 6.87. The second-order valence-electron chi connectivity index (χ2n) is 27.1. The molecule has 31 heteroatoms. The largest absolute Gasteiger partial charge is 0.404 e. The van der Waals surface area contributed by atoms with Crippen LogP contribution in [0.3, 0.4) is 0 Å². The molecule has 9 rings (SSSR count). The average molecular weight is 1520 g/mol. The van der Waals surface area contributed by atoms with Crippen molar-refractivity contribution < 1.29 is 79.4 Å². The van der Waals surface area contributed by atoms with Crippen molar-refractivity contribution in [3.8, 4) is 0 Å². The number of nitrogens with zero attached hydrogens (tertiary/aromatic N) is 2. The van der Waals surface area contributed by atoms with Gasteiger partial charge in [-0.05, 0) is 143 Å². The molecular formula is C74H94F4N11O13PS2. The summed E-state index contributed by atoms with van der Waals surface area (Å²) < 4.78 is 85.5. The first-order valence-corrected chi connectivity index (χ1v) is 39.4. The van der Waals surface area contributed by atoms with Crippen LogP contribution < -0.4 is 37.6 Å². The number of aliphatic hydroxyl groups excluding tert-OH is 1. The number of ketones is 1. The number of H-pyrrole nitrogens is 2. The normalized spacial score (nSPS) is 23.8. The Kier molecular flexibility index (Phi) is 28.5. The summed E-state index contributed by atoms with van der Waals surface area (Å²) in [4.78, 5) is 141. The minimum Gasteiger partial charge on any atom is -0.391 e. The van der Waals surface area contributed by atoms with Gasteiger partial charge in [-0.15, -0.1) is 0 Å². The van der Waals surface area contributed by atoms with E-state index >= 15 is 27.6 Å². The van der Waals surface area contributed by atoms with E-state index < -0.39 is 138 Å². The standard InChI is InChI=1S/C74H94F4N11O13PS2/c1-6-101-103(100,102-7-2)74(77,78)51-19-17-46(18-20-51)35-60-71(98)89-30-12-26-73(89,5)72(99)80-28-32-105-43-48-14-10-13-47(34-48)42-104-31-25-64(92)83-58(15-8-9-27-79)63(91)33-44(3)66(93)84-59(36-49-40-81-56-23-21-52(75)38-54(49)56)67(94)85-61(37-50-41-82-57-24-22-53(76)39-55(50)57)70(97)88-29-11-16-62(88)68(95)87-65(45(4)90)69(96)86-60/h10,13-14,17-24,34,38-41,44-45,58-62,65,81-82,90H,6-9,11-12,15-16,25-33,35-37,42-43,79H2,1-5H3,(H,80,99)(H,83,92)(H,84,93)(H,85,94)(H,86,96)(H,87,95)/t44-,45+,58-,59-,60-,61-,62-,65-,73-/m0/s1. The number of aromatic nitrogens is 2. The fraction of sp³-hybridized carbons (Fsp3) is 0.500. The molecular weight excluding hydrogens is 1420 g/mol. The van der Waals surface area contributed by atoms with Gasteiger partial charge in [0.2, 0.25) is 47.3 Å². The van der Waals surface area contributed by atoms with Gasteiger partial charge in [0.05, 0.1) is 25.4 Å². The predicted octanol–water partition coefficient (Wildman–Crippen LogP) is 7.86. The number of fused-ring (bicyclic) bond motifs is 6. The zero-order valence-corrected chi connectivity index (χ0v) is 62.0. The Labute approximate surface area is 615 Å². The van der Waals surface area contributed by atoms with Crippen LogP contribution >= 0.6 is 31.1 Å². The molecule has 4 aromatic carbocycles. The minimum atomic E-state index is -5.05. The van der Waals surface area contributed by atoms with E-state index in [0.717, 1.165) is 23.3 Å². The van der Waals surface area contributed by atoms with E-state index in [1.54, 1.807) is 18.7 Å². The maximum Gasteiger partial charge on any atom is 0.404 e. The van der Waals surface area contributed by atoms with Crippen LogP contribution in [0.4, 0.5) is 17.6 Å². The number of halogens is 4. The third-order valence-electron chi connectivity index (χ3n) is 19.3. The number of unbranched alkanes of at least 4 members (excludes halogenated alkanes) is 1. The highest BCUT2D eigenvalue weighted by Crippen LogP contribution is 2.66. The Bertz CT molecular complexity index is 4140. The number of aromatic amines is 2. The summed E-state index contributed by atoms with van der Waals surface area (Å²) in [5.41, 5.74) is 3.43. The number of rotatable bonds is 17. The van der Waals surface area contributed by atoms with Crippen LogP contribution in [-0.4, -0.2) is 177 Å². The lowest BCUT2D eigenvalue weighted by atomic mass is 9.95. The van der Waals surface area contributed by atoms with E-state index in [-0.39, 0.29) is 95.7 Å². The molecule has 3 aliphatic rings. The van der Waals surface area contributed by atoms with Crippen molar-refractivity contribution >= 4 is 106 Å². The molecule has 6 aromatic rings. The van der Waals surface area contributed by atoms with Gasteiger partial charge in [-0.3, -0.25) is 47.7 Å². The number of aliphatic hydroxyl groups is 1. The number of hydrogen-bond acceptors (Lipinski definition) is 16. The average Bonchev–Trinajstić information content (AvgIpc) is 1.54. The van der Waals surface area contributed by atoms with Crippen molar-refractivity contribution in [2.45, 2.75) is 177 Å². The number of nitrogens with one attached hydrogen (secondary N) is 8. The first kappa shape index (κ1) is 81.0. The molecule has 2 saturated heterocycles. The molecule has 0 radical (unpaired) electrons. The first-order valence-electron chi connectivity index (χ1n) is 35.6. The topological polar surface area (TPSA) is 346 Å². The van der Waals surface area contributed by atoms with Crippen LogP contribution in [0.2, 0.25) is 0 Å². The molecule has 2 bridgehead atoms. The smallest absolute Gasteiger partial charge is 0.391 e. The molecule has 105 heavy (non-hydrogen) atoms. The monoisotopic (exact) mass is 1520 g/mol. The van der Waals surface area contributed by atoms with Gasteiger partial charge < -0.3 is 71.6 Å². The van der Waals surface area contributed by atoms with Gasteiger partial charge in [-0.1, -0.05) is 55.5 Å². The van der Waals surface area contributed by atoms with Crippen molar-refractivity contribution in [3.05, 3.63) is 142 Å². The maximum absolute atomic E-state index is 16.1. The number of carbonyl (C=O) groups excluding carboxylic acids is 9. The van der Waals surface area contributed by atoms with Gasteiger partial charge in [0.25, 0.3) is 0 Å². The molecule has 0 unspecified atom stereocenters. The third kappa shape index (κ3) is 20.3. The molecule has 2 fully saturated rings. The number of thioether (sulfide) groups is 2. The van der Waals surface area contributed by atoms with Crippen molar-refractivity contribution in [1.29, 1.82) is 0 Å². The van der Waals surface area contributed by atoms with Crippen LogP contribution in [-0.2, 0) is 93.2 Å². The van der Waals surface area contributed by atoms with E-state index in [4.69, 9.17) is 14.8 Å². The molecule has 0 spiro atoms. The molecule has 11 N–H and O–H groups in total. The Hall–Kier alpha value is -8.12. The van der Waals surface area contributed by atoms with Crippen molar-refractivity contribution in [1.82, 2.24) is 51.7 Å². The predicted molar refractivity (Wildman–Crippen MR) is 392 cm³/mol. The summed E-state index contributed by atoms with van der Waals surface area (Å²) in [6, 6.07) is 11.4. The maximum atomic E-state index is 16.1. The number of amides is 8. The summed E-state index contributed by atoms with van der Waals surface area (Å²) >= 11 is 3.09. The van der Waals surface area contributed by atoms with Gasteiger partial charge in [0.15, 0.2) is 5.78 Å². The van der Waals surface area contributed by atoms with E-state index in [2.05, 4.69) is 47.9 Å². The van der Waals surface area contributed by atoms with Crippen LogP contribution in [0, 0.1) is 17.6 Å². The van der Waals surface area contributed by atoms with Crippen molar-refractivity contribution in [2.24, 2.45) is 11.7 Å². The Morgan fingerprint density at radius 1 is 0.695 bits per heavy atom. The molecule has 2 aromatic heterocycles. The number of hydrogen-bond donors (Lipinski definition) is 10. The fourth-order valence-corrected chi connectivity index (χ4v) is 16.8. The molecule has 9 atom stereocenters. The molecule has 5 heterocycles. The van der Waals surface area contributed by atoms with Gasteiger partial charge >= 0.3 is 13.3 Å². The number of nitrogens with two attached hydrogens (primary N) is 1. The lowest BCUT2D eigenvalue weighted by Crippen LogP contribution is -2.63. The second-order valence-corrected chi connectivity index (χ2v) is 31.3. The highest BCUT2D eigenvalue weighted by atomic mass is 32.2. The summed E-state index contributed by atoms with van der Waals surface area (Å²) in [5.74, 6) is -6.88. The molecule has 3 aliphatic heterocycles. The highest BCUT2D eigenvalue weighted by Gasteiger charge is 2.55. The number of carbonyl (C=O) groups is 9. The van der Waals surface area contributed by atoms with Crippen LogP contribution in [0.1, 0.15) is 126 Å². The van der Waals surface area contributed by atoms with Gasteiger partial charge in [0.1, 0.15) is 47.4 Å². The quantitative estimate of drug-likeness (QED) is 0.0236. The minimum absolute atomic E-state index is 0.00334. The summed E-state index contributed by atoms with van der Waals surface area (Å²) in [6.07, 6.45) is 2.14. The van der Waals surface area contributed by atoms with Crippen molar-refractivity contribution in [3.63, 3.8) is 0 Å². The Balaban J connectivity index is 1.04. The fourth-order valence-electron chi connectivity index (χ4n) is 13.6. The van der Waals surface area contributed by atoms with Crippen LogP contribution in [0.5, 0.6) is 0 Å². The summed E-state index contributed by atoms with van der Waals surface area (Å²) in [5, 5.41) is 28.9. The van der Waals surface area contributed by atoms with E-state index in [0.29, 0.717) is 81.8 Å². The Morgan fingerprint density at radius 2 is 1.30 bits per heavy atom. The Morgan fingerprint density at radius 3 is 1.91 bits per heavy atom. The number of alkyl halides is 2. The number of benzene rings is 4. The molecule has 8 amide bonds. The molecule has 568 valence electrons. The first-order chi connectivity index (χ1) is 50.2. The van der Waals surface area contributed by atoms with E-state index in [1.165, 1.54) is 110 Å². The SMILES string of the molecule is CCOP(=O)(OCC)C(F)(F)c1ccc(C[C@@H]2NC(=O)[C@H]([C@@H](C)O)NC(=O)[C@@H]3CCCN3C(=O)[C@H](Cc3c[nH]c4ccc(F)cc34)NC(=O)[C@H](Cc3c[nH]c4ccc(F)cc34)NC(=O)[C@@H](C)CC(=O)[C@H](CCCCN)NC(=O)CCSCc3cccc(c3)CSCCNC(=O)[C@]3(C)CCCN3C2=O)cc1. The number of Topliss-reactive ketones (excluding diaryl/α,β-unsaturated/α-hetero) is 1. The highest BCUT2D eigenvalue weighted by molar-refractivity contribution is 7.98. The molecule has 0 aliphatic carbocycles. The molecule has 0 saturated carbocycles. The lowest BCUT2D eigenvalue weighted by Gasteiger charge is -2.37. The lowest BCUT2D eigenvalue weighted by molar-refractivity contribution is -0.147. The van der Waals surface area contributed by atoms with Gasteiger partial charge in [-0.2, -0.15) is 32.3 Å². The summed E-state index contributed by atoms with van der Waals surface area (Å²) in [7, 11) is -5.05.